The van der Waals surface area contributed by atoms with Crippen LogP contribution in [0.5, 0.6) is 0 Å². The number of ether oxygens (including phenoxy) is 1. The van der Waals surface area contributed by atoms with E-state index in [1.54, 1.807) is 37.3 Å². The third-order valence-corrected chi connectivity index (χ3v) is 4.79. The van der Waals surface area contributed by atoms with E-state index in [0.717, 1.165) is 11.0 Å². The van der Waals surface area contributed by atoms with E-state index in [-0.39, 0.29) is 6.54 Å². The molecule has 6 heteroatoms. The van der Waals surface area contributed by atoms with Crippen LogP contribution in [0.15, 0.2) is 60.0 Å². The molecule has 0 heterocycles. The van der Waals surface area contributed by atoms with E-state index in [4.69, 9.17) is 4.74 Å². The van der Waals surface area contributed by atoms with Gasteiger partial charge in [-0.25, -0.2) is 17.5 Å². The number of benzene rings is 2. The van der Waals surface area contributed by atoms with Gasteiger partial charge in [0.2, 0.25) is 10.0 Å². The lowest BCUT2D eigenvalue weighted by atomic mass is 9.95. The predicted molar refractivity (Wildman–Crippen MR) is 93.2 cm³/mol. The van der Waals surface area contributed by atoms with Crippen LogP contribution in [-0.2, 0) is 20.4 Å². The van der Waals surface area contributed by atoms with Gasteiger partial charge in [-0.3, -0.25) is 0 Å². The largest absolute Gasteiger partial charge is 0.372 e. The van der Waals surface area contributed by atoms with Crippen LogP contribution in [0, 0.1) is 5.82 Å². The average Bonchev–Trinajstić information content (AvgIpc) is 2.59. The second-order valence-electron chi connectivity index (χ2n) is 5.49. The zero-order valence-electron chi connectivity index (χ0n) is 13.6. The predicted octanol–water partition coefficient (Wildman–Crippen LogP) is 3.28. The average molecular weight is 349 g/mol. The molecule has 24 heavy (non-hydrogen) atoms. The van der Waals surface area contributed by atoms with Crippen molar-refractivity contribution in [3.05, 3.63) is 76.9 Å². The zero-order chi connectivity index (χ0) is 17.6. The Morgan fingerprint density at radius 1 is 1.12 bits per heavy atom. The lowest BCUT2D eigenvalue weighted by Crippen LogP contribution is -2.40. The summed E-state index contributed by atoms with van der Waals surface area (Å²) in [7, 11) is -2.26. The Morgan fingerprint density at radius 3 is 2.38 bits per heavy atom. The molecule has 0 radical (unpaired) electrons. The van der Waals surface area contributed by atoms with Gasteiger partial charge in [0.15, 0.2) is 0 Å². The molecular formula is C18H20FNO3S. The van der Waals surface area contributed by atoms with Crippen LogP contribution in [0.25, 0.3) is 6.08 Å². The van der Waals surface area contributed by atoms with Gasteiger partial charge in [0.25, 0.3) is 0 Å². The minimum atomic E-state index is -3.68. The van der Waals surface area contributed by atoms with Crippen LogP contribution in [0.2, 0.25) is 0 Å². The second-order valence-corrected chi connectivity index (χ2v) is 7.15. The van der Waals surface area contributed by atoms with E-state index in [0.29, 0.717) is 5.56 Å². The van der Waals surface area contributed by atoms with Crippen molar-refractivity contribution in [1.29, 1.82) is 0 Å². The highest BCUT2D eigenvalue weighted by molar-refractivity contribution is 7.92. The van der Waals surface area contributed by atoms with Crippen molar-refractivity contribution >= 4 is 16.1 Å². The van der Waals surface area contributed by atoms with Gasteiger partial charge < -0.3 is 4.74 Å². The molecule has 0 amide bonds. The fourth-order valence-corrected chi connectivity index (χ4v) is 3.10. The fourth-order valence-electron chi connectivity index (χ4n) is 2.19. The van der Waals surface area contributed by atoms with E-state index in [9.17, 15) is 12.8 Å². The summed E-state index contributed by atoms with van der Waals surface area (Å²) in [5, 5.41) is 1.08. The minimum absolute atomic E-state index is 0.0914. The molecule has 0 saturated carbocycles. The lowest BCUT2D eigenvalue weighted by Gasteiger charge is -2.29. The molecule has 4 nitrogen and oxygen atoms in total. The molecule has 128 valence electrons. The van der Waals surface area contributed by atoms with Crippen LogP contribution in [0.1, 0.15) is 18.1 Å². The van der Waals surface area contributed by atoms with Gasteiger partial charge >= 0.3 is 0 Å². The van der Waals surface area contributed by atoms with Gasteiger partial charge in [0.1, 0.15) is 11.4 Å². The number of hydrogen-bond donors (Lipinski definition) is 1. The minimum Gasteiger partial charge on any atom is -0.372 e. The molecule has 0 bridgehead atoms. The molecule has 1 atom stereocenters. The molecule has 0 aliphatic heterocycles. The highest BCUT2D eigenvalue weighted by atomic mass is 32.2. The normalized spacial score (nSPS) is 14.6. The number of methoxy groups -OCH3 is 1. The molecule has 2 rings (SSSR count). The molecular weight excluding hydrogens is 329 g/mol. The summed E-state index contributed by atoms with van der Waals surface area (Å²) >= 11 is 0. The summed E-state index contributed by atoms with van der Waals surface area (Å²) < 4.78 is 46.1. The molecule has 1 N–H and O–H groups in total. The quantitative estimate of drug-likeness (QED) is 0.835. The SMILES string of the molecule is COC(C)(CNS(=O)(=O)/C=C/c1ccccc1)c1ccccc1F. The third kappa shape index (κ3) is 4.74. The third-order valence-electron chi connectivity index (χ3n) is 3.74. The van der Waals surface area contributed by atoms with Gasteiger partial charge in [0, 0.05) is 24.6 Å². The maximum Gasteiger partial charge on any atom is 0.233 e. The van der Waals surface area contributed by atoms with Crippen LogP contribution in [-0.4, -0.2) is 22.1 Å². The van der Waals surface area contributed by atoms with Crippen molar-refractivity contribution < 1.29 is 17.5 Å². The lowest BCUT2D eigenvalue weighted by molar-refractivity contribution is 0.00416. The molecule has 2 aromatic carbocycles. The first-order valence-corrected chi connectivity index (χ1v) is 8.94. The summed E-state index contributed by atoms with van der Waals surface area (Å²) in [5.74, 6) is -0.444. The summed E-state index contributed by atoms with van der Waals surface area (Å²) in [6, 6.07) is 15.2. The van der Waals surface area contributed by atoms with Crippen molar-refractivity contribution in [3.8, 4) is 0 Å². The Kier molecular flexibility index (Phi) is 5.88. The molecule has 0 spiro atoms. The second kappa shape index (κ2) is 7.70. The number of nitrogens with one attached hydrogen (secondary N) is 1. The Labute approximate surface area is 142 Å². The Balaban J connectivity index is 2.12. The number of halogens is 1. The van der Waals surface area contributed by atoms with E-state index in [1.165, 1.54) is 19.3 Å². The Bertz CT molecular complexity index is 806. The topological polar surface area (TPSA) is 55.4 Å². The van der Waals surface area contributed by atoms with Crippen molar-refractivity contribution in [2.24, 2.45) is 0 Å². The van der Waals surface area contributed by atoms with Crippen molar-refractivity contribution in [1.82, 2.24) is 4.72 Å². The monoisotopic (exact) mass is 349 g/mol. The van der Waals surface area contributed by atoms with E-state index >= 15 is 0 Å². The first kappa shape index (κ1) is 18.3. The summed E-state index contributed by atoms with van der Waals surface area (Å²) in [6.07, 6.45) is 1.50. The molecule has 1 unspecified atom stereocenters. The molecule has 0 fully saturated rings. The van der Waals surface area contributed by atoms with Crippen LogP contribution < -0.4 is 4.72 Å². The fraction of sp³-hybridized carbons (Fsp3) is 0.222. The van der Waals surface area contributed by atoms with Gasteiger partial charge in [-0.15, -0.1) is 0 Å². The molecule has 0 saturated heterocycles. The molecule has 0 aliphatic carbocycles. The zero-order valence-corrected chi connectivity index (χ0v) is 14.4. The van der Waals surface area contributed by atoms with E-state index in [1.807, 2.05) is 18.2 Å². The van der Waals surface area contributed by atoms with Crippen molar-refractivity contribution in [3.63, 3.8) is 0 Å². The number of rotatable bonds is 7. The van der Waals surface area contributed by atoms with Crippen LogP contribution in [0.3, 0.4) is 0 Å². The number of sulfonamides is 1. The summed E-state index contributed by atoms with van der Waals surface area (Å²) in [6.45, 7) is 1.54. The summed E-state index contributed by atoms with van der Waals surface area (Å²) in [4.78, 5) is 0. The Hall–Kier alpha value is -2.02. The highest BCUT2D eigenvalue weighted by Crippen LogP contribution is 2.26. The van der Waals surface area contributed by atoms with E-state index < -0.39 is 21.4 Å². The standard InChI is InChI=1S/C18H20FNO3S/c1-18(23-2,16-10-6-7-11-17(16)19)14-20-24(21,22)13-12-15-8-4-3-5-9-15/h3-13,20H,14H2,1-2H3/b13-12+. The Morgan fingerprint density at radius 2 is 1.75 bits per heavy atom. The van der Waals surface area contributed by atoms with Gasteiger partial charge in [-0.2, -0.15) is 0 Å². The van der Waals surface area contributed by atoms with E-state index in [2.05, 4.69) is 4.72 Å². The van der Waals surface area contributed by atoms with Crippen molar-refractivity contribution in [2.75, 3.05) is 13.7 Å². The first-order chi connectivity index (χ1) is 11.4. The maximum atomic E-state index is 14.0. The van der Waals surface area contributed by atoms with Gasteiger partial charge in [0.05, 0.1) is 0 Å². The molecule has 0 aliphatic rings. The molecule has 0 aromatic heterocycles. The maximum absolute atomic E-state index is 14.0. The first-order valence-electron chi connectivity index (χ1n) is 7.39. The number of hydrogen-bond acceptors (Lipinski definition) is 3. The smallest absolute Gasteiger partial charge is 0.233 e. The van der Waals surface area contributed by atoms with Gasteiger partial charge in [-0.05, 0) is 24.6 Å². The van der Waals surface area contributed by atoms with Crippen molar-refractivity contribution in [2.45, 2.75) is 12.5 Å². The molecule has 2 aromatic rings. The van der Waals surface area contributed by atoms with Crippen LogP contribution >= 0.6 is 0 Å². The summed E-state index contributed by atoms with van der Waals surface area (Å²) in [5.41, 5.74) is -0.0485. The van der Waals surface area contributed by atoms with Gasteiger partial charge in [-0.1, -0.05) is 48.5 Å². The van der Waals surface area contributed by atoms with Crippen LogP contribution in [0.4, 0.5) is 4.39 Å². The highest BCUT2D eigenvalue weighted by Gasteiger charge is 2.30.